The van der Waals surface area contributed by atoms with Crippen LogP contribution in [0.4, 0.5) is 8.78 Å². The Hall–Kier alpha value is -3.01. The zero-order valence-electron chi connectivity index (χ0n) is 17.7. The number of amides is 1. The van der Waals surface area contributed by atoms with E-state index in [2.05, 4.69) is 10.0 Å². The van der Waals surface area contributed by atoms with Crippen molar-refractivity contribution in [1.82, 2.24) is 10.0 Å². The molecule has 0 aliphatic heterocycles. The average Bonchev–Trinajstić information content (AvgIpc) is 2.78. The summed E-state index contributed by atoms with van der Waals surface area (Å²) in [4.78, 5) is 12.5. The lowest BCUT2D eigenvalue weighted by molar-refractivity contribution is 0.0939. The maximum absolute atomic E-state index is 14.0. The molecule has 10 heteroatoms. The Bertz CT molecular complexity index is 1270. The van der Waals surface area contributed by atoms with Crippen molar-refractivity contribution in [2.75, 3.05) is 7.11 Å². The molecule has 2 N–H and O–H groups in total. The lowest BCUT2D eigenvalue weighted by Crippen LogP contribution is -2.28. The quantitative estimate of drug-likeness (QED) is 0.479. The molecule has 0 spiro atoms. The average molecular weight is 495 g/mol. The van der Waals surface area contributed by atoms with Crippen molar-refractivity contribution >= 4 is 27.5 Å². The highest BCUT2D eigenvalue weighted by atomic mass is 35.5. The number of benzene rings is 3. The summed E-state index contributed by atoms with van der Waals surface area (Å²) in [6, 6.07) is 12.8. The highest BCUT2D eigenvalue weighted by Gasteiger charge is 2.23. The van der Waals surface area contributed by atoms with Gasteiger partial charge in [-0.15, -0.1) is 0 Å². The smallest absolute Gasteiger partial charge is 0.251 e. The molecule has 1 amide bonds. The van der Waals surface area contributed by atoms with Crippen LogP contribution in [-0.2, 0) is 16.6 Å². The number of ether oxygens (including phenoxy) is 1. The van der Waals surface area contributed by atoms with E-state index in [0.29, 0.717) is 10.6 Å². The van der Waals surface area contributed by atoms with E-state index in [4.69, 9.17) is 16.3 Å². The van der Waals surface area contributed by atoms with E-state index < -0.39 is 33.6 Å². The van der Waals surface area contributed by atoms with E-state index in [1.807, 2.05) is 0 Å². The minimum absolute atomic E-state index is 0.0000414. The van der Waals surface area contributed by atoms with Crippen LogP contribution in [0.25, 0.3) is 0 Å². The molecule has 0 aliphatic carbocycles. The van der Waals surface area contributed by atoms with E-state index in [1.54, 1.807) is 24.3 Å². The molecular formula is C23H21ClF2N2O4S. The molecule has 0 heterocycles. The molecule has 0 saturated carbocycles. The monoisotopic (exact) mass is 494 g/mol. The molecule has 0 saturated heterocycles. The summed E-state index contributed by atoms with van der Waals surface area (Å²) in [5, 5.41) is 3.11. The standard InChI is InChI=1S/C23H21ClF2N2O4S/c1-14(19-9-8-18(25)12-20(19)26)28-23(29)16-5-10-21(32-2)22(11-16)33(30,31)27-13-15-3-6-17(24)7-4-15/h3-12,14,27H,13H2,1-2H3,(H,28,29). The van der Waals surface area contributed by atoms with Gasteiger partial charge in [0, 0.05) is 28.8 Å². The summed E-state index contributed by atoms with van der Waals surface area (Å²) >= 11 is 5.84. The van der Waals surface area contributed by atoms with Crippen molar-refractivity contribution in [3.8, 4) is 5.75 Å². The van der Waals surface area contributed by atoms with Crippen LogP contribution in [0.3, 0.4) is 0 Å². The molecule has 0 radical (unpaired) electrons. The Kier molecular flexibility index (Phi) is 7.68. The van der Waals surface area contributed by atoms with Crippen LogP contribution < -0.4 is 14.8 Å². The number of carbonyl (C=O) groups excluding carboxylic acids is 1. The molecule has 0 aromatic heterocycles. The Morgan fingerprint density at radius 1 is 1.06 bits per heavy atom. The van der Waals surface area contributed by atoms with Gasteiger partial charge in [0.05, 0.1) is 13.2 Å². The van der Waals surface area contributed by atoms with Crippen molar-refractivity contribution in [3.63, 3.8) is 0 Å². The lowest BCUT2D eigenvalue weighted by Gasteiger charge is -2.16. The fourth-order valence-corrected chi connectivity index (χ4v) is 4.43. The molecule has 0 aliphatic rings. The van der Waals surface area contributed by atoms with Gasteiger partial charge in [0.25, 0.3) is 5.91 Å². The first kappa shape index (κ1) is 24.6. The van der Waals surface area contributed by atoms with E-state index >= 15 is 0 Å². The minimum atomic E-state index is -4.05. The number of hydrogen-bond donors (Lipinski definition) is 2. The van der Waals surface area contributed by atoms with Gasteiger partial charge in [-0.05, 0) is 48.9 Å². The van der Waals surface area contributed by atoms with Gasteiger partial charge in [0.15, 0.2) is 0 Å². The summed E-state index contributed by atoms with van der Waals surface area (Å²) < 4.78 is 60.6. The lowest BCUT2D eigenvalue weighted by atomic mass is 10.1. The molecule has 1 atom stereocenters. The van der Waals surface area contributed by atoms with E-state index in [1.165, 1.54) is 38.3 Å². The van der Waals surface area contributed by atoms with Crippen LogP contribution in [0.2, 0.25) is 5.02 Å². The summed E-state index contributed by atoms with van der Waals surface area (Å²) in [6.07, 6.45) is 0. The van der Waals surface area contributed by atoms with Crippen molar-refractivity contribution in [2.45, 2.75) is 24.4 Å². The predicted molar refractivity (Wildman–Crippen MR) is 121 cm³/mol. The number of rotatable bonds is 8. The molecule has 3 aromatic rings. The molecule has 1 unspecified atom stereocenters. The summed E-state index contributed by atoms with van der Waals surface area (Å²) in [5.74, 6) is -2.12. The second kappa shape index (κ2) is 10.3. The Morgan fingerprint density at radius 3 is 2.39 bits per heavy atom. The van der Waals surface area contributed by atoms with Crippen LogP contribution >= 0.6 is 11.6 Å². The first-order valence-corrected chi connectivity index (χ1v) is 11.6. The number of methoxy groups -OCH3 is 1. The topological polar surface area (TPSA) is 84.5 Å². The maximum atomic E-state index is 14.0. The second-order valence-electron chi connectivity index (χ2n) is 7.18. The largest absolute Gasteiger partial charge is 0.495 e. The van der Waals surface area contributed by atoms with Gasteiger partial charge in [0.1, 0.15) is 22.3 Å². The van der Waals surface area contributed by atoms with E-state index in [0.717, 1.165) is 12.1 Å². The molecule has 3 aromatic carbocycles. The van der Waals surface area contributed by atoms with Crippen molar-refractivity contribution in [3.05, 3.63) is 94.0 Å². The van der Waals surface area contributed by atoms with Crippen LogP contribution in [0.1, 0.15) is 34.5 Å². The summed E-state index contributed by atoms with van der Waals surface area (Å²) in [5.41, 5.74) is 0.804. The SMILES string of the molecule is COc1ccc(C(=O)NC(C)c2ccc(F)cc2F)cc1S(=O)(=O)NCc1ccc(Cl)cc1. The highest BCUT2D eigenvalue weighted by molar-refractivity contribution is 7.89. The van der Waals surface area contributed by atoms with E-state index in [9.17, 15) is 22.0 Å². The number of hydrogen-bond acceptors (Lipinski definition) is 4. The summed E-state index contributed by atoms with van der Waals surface area (Å²) in [6.45, 7) is 1.53. The minimum Gasteiger partial charge on any atom is -0.495 e. The van der Waals surface area contributed by atoms with E-state index in [-0.39, 0.29) is 28.3 Å². The van der Waals surface area contributed by atoms with Crippen LogP contribution in [-0.4, -0.2) is 21.4 Å². The normalized spacial score (nSPS) is 12.3. The van der Waals surface area contributed by atoms with Gasteiger partial charge in [0.2, 0.25) is 10.0 Å². The van der Waals surface area contributed by atoms with Gasteiger partial charge >= 0.3 is 0 Å². The Balaban J connectivity index is 1.81. The third-order valence-corrected chi connectivity index (χ3v) is 6.55. The van der Waals surface area contributed by atoms with Crippen LogP contribution in [0, 0.1) is 11.6 Å². The molecule has 3 rings (SSSR count). The first-order valence-electron chi connectivity index (χ1n) is 9.78. The van der Waals surface area contributed by atoms with Crippen molar-refractivity contribution in [2.24, 2.45) is 0 Å². The van der Waals surface area contributed by atoms with Gasteiger partial charge in [-0.3, -0.25) is 4.79 Å². The number of nitrogens with one attached hydrogen (secondary N) is 2. The molecule has 6 nitrogen and oxygen atoms in total. The second-order valence-corrected chi connectivity index (χ2v) is 9.35. The van der Waals surface area contributed by atoms with Gasteiger partial charge in [-0.25, -0.2) is 21.9 Å². The zero-order valence-corrected chi connectivity index (χ0v) is 19.3. The predicted octanol–water partition coefficient (Wildman–Crippen LogP) is 4.60. The number of sulfonamides is 1. The molecular weight excluding hydrogens is 474 g/mol. The molecule has 174 valence electrons. The fourth-order valence-electron chi connectivity index (χ4n) is 3.10. The van der Waals surface area contributed by atoms with Crippen LogP contribution in [0.15, 0.2) is 65.6 Å². The van der Waals surface area contributed by atoms with Crippen molar-refractivity contribution in [1.29, 1.82) is 0 Å². The van der Waals surface area contributed by atoms with Crippen LogP contribution in [0.5, 0.6) is 5.75 Å². The Labute approximate surface area is 195 Å². The Morgan fingerprint density at radius 2 is 1.76 bits per heavy atom. The third-order valence-electron chi connectivity index (χ3n) is 4.87. The highest BCUT2D eigenvalue weighted by Crippen LogP contribution is 2.26. The molecule has 0 fully saturated rings. The van der Waals surface area contributed by atoms with Crippen molar-refractivity contribution < 1.29 is 26.7 Å². The molecule has 0 bridgehead atoms. The number of carbonyl (C=O) groups is 1. The maximum Gasteiger partial charge on any atom is 0.251 e. The first-order chi connectivity index (χ1) is 15.6. The van der Waals surface area contributed by atoms with Gasteiger partial charge in [-0.2, -0.15) is 0 Å². The zero-order chi connectivity index (χ0) is 24.2. The fraction of sp³-hybridized carbons (Fsp3) is 0.174. The van der Waals surface area contributed by atoms with Gasteiger partial charge in [-0.1, -0.05) is 29.8 Å². The summed E-state index contributed by atoms with van der Waals surface area (Å²) in [7, 11) is -2.74. The third kappa shape index (κ3) is 6.07. The molecule has 33 heavy (non-hydrogen) atoms. The van der Waals surface area contributed by atoms with Gasteiger partial charge < -0.3 is 10.1 Å². The number of halogens is 3.